The molecule has 1 saturated heterocycles. The largest absolute Gasteiger partial charge is 0.508 e. The first-order valence-corrected chi connectivity index (χ1v) is 39.3. The van der Waals surface area contributed by atoms with Gasteiger partial charge in [0.15, 0.2) is 5.96 Å². The van der Waals surface area contributed by atoms with Crippen molar-refractivity contribution in [2.45, 2.75) is 196 Å². The van der Waals surface area contributed by atoms with Gasteiger partial charge < -0.3 is 153 Å². The van der Waals surface area contributed by atoms with Crippen molar-refractivity contribution in [3.8, 4) is 5.75 Å². The van der Waals surface area contributed by atoms with E-state index >= 15 is 0 Å². The molecule has 32 N–H and O–H groups in total. The number of unbranched alkanes of at least 4 members (excludes halogenated alkanes) is 1. The van der Waals surface area contributed by atoms with Crippen LogP contribution in [0.15, 0.2) is 54.7 Å². The summed E-state index contributed by atoms with van der Waals surface area (Å²) in [5.41, 5.74) is 17.6. The molecule has 49 nitrogen and oxygen atoms in total. The number of carbonyl (C=O) groups is 19. The van der Waals surface area contributed by atoms with Crippen molar-refractivity contribution in [2.75, 3.05) is 59.0 Å². The zero-order valence-electron chi connectivity index (χ0n) is 68.6. The number of H-pyrrole nitrogens is 1. The number of guanidine groups is 1. The first-order valence-electron chi connectivity index (χ1n) is 39.3. The average Bonchev–Trinajstić information content (AvgIpc) is 1.65. The number of benzene rings is 2. The van der Waals surface area contributed by atoms with Gasteiger partial charge in [0, 0.05) is 43.0 Å². The Kier molecular flexibility index (Phi) is 42.8. The Morgan fingerprint density at radius 1 is 0.484 bits per heavy atom. The van der Waals surface area contributed by atoms with Gasteiger partial charge in [0.05, 0.1) is 57.9 Å². The molecule has 0 radical (unpaired) electrons. The molecule has 684 valence electrons. The lowest BCUT2D eigenvalue weighted by molar-refractivity contribution is -0.145. The number of aliphatic carboxylic acids is 3. The van der Waals surface area contributed by atoms with E-state index in [1.54, 1.807) is 24.3 Å². The summed E-state index contributed by atoms with van der Waals surface area (Å²) in [6.07, 6.45) is -4.81. The van der Waals surface area contributed by atoms with Crippen molar-refractivity contribution in [3.05, 3.63) is 65.9 Å². The lowest BCUT2D eigenvalue weighted by Gasteiger charge is -2.31. The number of hydrogen-bond donors (Lipinski definition) is 29. The van der Waals surface area contributed by atoms with Gasteiger partial charge in [0.25, 0.3) is 0 Å². The number of nitrogens with zero attached hydrogens (tertiary/aromatic N) is 1. The molecule has 1 aliphatic heterocycles. The predicted molar refractivity (Wildman–Crippen MR) is 432 cm³/mol. The number of para-hydroxylation sites is 1. The number of phenolic OH excluding ortho intramolecular Hbond substituents is 1. The van der Waals surface area contributed by atoms with Crippen LogP contribution in [-0.2, 0) is 104 Å². The van der Waals surface area contributed by atoms with E-state index in [-0.39, 0.29) is 69.5 Å². The van der Waals surface area contributed by atoms with E-state index in [1.807, 2.05) is 0 Å². The summed E-state index contributed by atoms with van der Waals surface area (Å²) in [6, 6.07) is -10.5. The molecule has 16 amide bonds. The normalized spacial score (nSPS) is 15.7. The number of amides is 16. The summed E-state index contributed by atoms with van der Waals surface area (Å²) in [5, 5.41) is 126. The molecule has 0 aliphatic carbocycles. The highest BCUT2D eigenvalue weighted by atomic mass is 16.4. The van der Waals surface area contributed by atoms with Crippen LogP contribution in [0.25, 0.3) is 10.9 Å². The molecule has 124 heavy (non-hydrogen) atoms. The molecule has 13 unspecified atom stereocenters. The average molecular weight is 1750 g/mol. The van der Waals surface area contributed by atoms with Crippen LogP contribution in [0.3, 0.4) is 0 Å². The molecule has 0 bridgehead atoms. The fourth-order valence-electron chi connectivity index (χ4n) is 12.4. The van der Waals surface area contributed by atoms with E-state index in [2.05, 4.69) is 90.1 Å². The maximum Gasteiger partial charge on any atom is 0.322 e. The van der Waals surface area contributed by atoms with E-state index in [4.69, 9.17) is 27.7 Å². The third kappa shape index (κ3) is 34.3. The second kappa shape index (κ2) is 51.5. The van der Waals surface area contributed by atoms with Gasteiger partial charge in [-0.1, -0.05) is 44.2 Å². The molecule has 1 aliphatic rings. The van der Waals surface area contributed by atoms with E-state index in [9.17, 15) is 127 Å². The molecule has 0 saturated carbocycles. The van der Waals surface area contributed by atoms with Gasteiger partial charge in [-0.25, -0.2) is 0 Å². The number of aromatic amines is 1. The molecular weight excluding hydrogens is 1640 g/mol. The highest BCUT2D eigenvalue weighted by Crippen LogP contribution is 2.22. The Morgan fingerprint density at radius 3 is 1.53 bits per heavy atom. The molecule has 15 atom stereocenters. The number of carbonyl (C=O) groups excluding carboxylic acids is 16. The van der Waals surface area contributed by atoms with Crippen molar-refractivity contribution in [3.63, 3.8) is 0 Å². The Balaban J connectivity index is 1.51. The number of phenols is 1. The third-order valence-corrected chi connectivity index (χ3v) is 19.0. The van der Waals surface area contributed by atoms with Gasteiger partial charge in [0.1, 0.15) is 90.8 Å². The Bertz CT molecular complexity index is 4280. The van der Waals surface area contributed by atoms with Gasteiger partial charge in [-0.05, 0) is 108 Å². The minimum absolute atomic E-state index is 0.00296. The van der Waals surface area contributed by atoms with Gasteiger partial charge in [-0.3, -0.25) is 96.5 Å². The van der Waals surface area contributed by atoms with Gasteiger partial charge in [-0.2, -0.15) is 0 Å². The third-order valence-electron chi connectivity index (χ3n) is 19.0. The number of hydrogen-bond acceptors (Lipinski definition) is 27. The monoisotopic (exact) mass is 1750 g/mol. The fourth-order valence-corrected chi connectivity index (χ4v) is 12.4. The maximum absolute atomic E-state index is 14.6. The first kappa shape index (κ1) is 103. The van der Waals surface area contributed by atoms with E-state index in [0.29, 0.717) is 29.3 Å². The quantitative estimate of drug-likeness (QED) is 0.0142. The summed E-state index contributed by atoms with van der Waals surface area (Å²) < 4.78 is 0. The number of carboxylic acids is 3. The predicted octanol–water partition coefficient (Wildman–Crippen LogP) is -11.4. The van der Waals surface area contributed by atoms with E-state index < -0.39 is 274 Å². The minimum Gasteiger partial charge on any atom is -0.508 e. The summed E-state index contributed by atoms with van der Waals surface area (Å²) in [7, 11) is 0. The van der Waals surface area contributed by atoms with Crippen molar-refractivity contribution >= 4 is 129 Å². The molecule has 2 heterocycles. The van der Waals surface area contributed by atoms with Crippen LogP contribution < -0.4 is 102 Å². The molecule has 49 heteroatoms. The topological polar surface area (TPSA) is 800 Å². The number of aromatic nitrogens is 1. The SMILES string of the molecule is CC(NC(=O)C(Cc1ccc(O)cc1)NC(=O)C(CCCNC(=N)N)NC(=O)[C@H](NC(=O)C1CCCN1C(=O)[C@@H](NC(=O)CNC(=O)C(CC(=O)O)NC(=O)C(Cc1c[nH]c2ccccc12)NC(=O)CNC(=O)C(CO)NC(=O)CN)C(C)O)C(C)O)C(=O)NC(CC(=O)O)C(=O)NC(CO)C(=O)NC(C(=O)NC(CCCCN)C(=O)NCC(=O)O)C(C)C. The first-order chi connectivity index (χ1) is 58.5. The summed E-state index contributed by atoms with van der Waals surface area (Å²) in [5.74, 6) is -24.0. The molecule has 0 spiro atoms. The molecule has 4 rings (SSSR count). The van der Waals surface area contributed by atoms with Crippen LogP contribution in [0, 0.1) is 11.3 Å². The van der Waals surface area contributed by atoms with Crippen LogP contribution in [0.4, 0.5) is 0 Å². The standard InChI is InChI=1S/C75H112N22O27/c1-35(2)59(72(122)88-44(14-8-9-21-76)63(113)84-32-58(110)111)95-70(120)51(34-99)93-69(119)49(27-57(108)109)90-62(112)36(3)85-67(117)46(24-39-17-19-41(102)20-18-39)91-66(116)45(15-10-22-80-75(78)79)89-73(123)60(37(4)100)96-71(121)52-16-11-23-97(52)74(124)61(38(5)101)94-55(105)31-82-64(114)48(26-56(106)107)92-68(118)47(25-40-29-81-43-13-7-6-12-42(40)43)86-54(104)30-83-65(115)50(33-98)87-53(103)28-77/h6-7,12-13,17-20,29,35-38,44-52,59-61,81,98-102H,8-11,14-16,21-28,30-34,76-77H2,1-5H3,(H,82,114)(H,83,115)(H,84,113)(H,85,117)(H,86,104)(H,87,103)(H,88,122)(H,89,123)(H,90,112)(H,91,116)(H,92,118)(H,93,119)(H,94,105)(H,95,120)(H,96,121)(H,106,107)(H,108,109)(H,110,111)(H4,78,79,80)/t36?,37?,38?,44?,45?,46?,47?,48?,49?,50?,51?,52?,59?,60-,61+/m1/s1. The molecule has 3 aromatic rings. The Labute approximate surface area is 708 Å². The zero-order chi connectivity index (χ0) is 92.8. The number of aliphatic hydroxyl groups excluding tert-OH is 4. The summed E-state index contributed by atoms with van der Waals surface area (Å²) in [6.45, 7) is 0.828. The number of aromatic hydroxyl groups is 1. The number of carboxylic acid groups (broad SMARTS) is 3. The van der Waals surface area contributed by atoms with Gasteiger partial charge in [-0.15, -0.1) is 0 Å². The number of likely N-dealkylation sites (tertiary alicyclic amines) is 1. The molecule has 1 aromatic heterocycles. The van der Waals surface area contributed by atoms with E-state index in [0.717, 1.165) is 25.7 Å². The second-order valence-corrected chi connectivity index (χ2v) is 29.3. The molecular formula is C75H112N22O27. The van der Waals surface area contributed by atoms with Crippen LogP contribution in [0.1, 0.15) is 104 Å². The summed E-state index contributed by atoms with van der Waals surface area (Å²) in [4.78, 5) is 259. The number of fused-ring (bicyclic) bond motifs is 1. The highest BCUT2D eigenvalue weighted by molar-refractivity contribution is 6.02. The molecule has 2 aromatic carbocycles. The van der Waals surface area contributed by atoms with Crippen molar-refractivity contribution in [1.29, 1.82) is 5.41 Å². The number of nitrogens with one attached hydrogen (secondary N) is 18. The zero-order valence-corrected chi connectivity index (χ0v) is 68.6. The van der Waals surface area contributed by atoms with Crippen LogP contribution in [-0.4, -0.2) is 319 Å². The number of nitrogens with two attached hydrogens (primary N) is 3. The second-order valence-electron chi connectivity index (χ2n) is 29.3. The lowest BCUT2D eigenvalue weighted by Crippen LogP contribution is -2.62. The Morgan fingerprint density at radius 2 is 0.960 bits per heavy atom. The Hall–Kier alpha value is -13.3. The van der Waals surface area contributed by atoms with Crippen LogP contribution >= 0.6 is 0 Å². The molecule has 1 fully saturated rings. The highest BCUT2D eigenvalue weighted by Gasteiger charge is 2.43. The van der Waals surface area contributed by atoms with E-state index in [1.165, 1.54) is 44.3 Å². The minimum atomic E-state index is -2.06. The van der Waals surface area contributed by atoms with Crippen LogP contribution in [0.2, 0.25) is 0 Å². The van der Waals surface area contributed by atoms with Crippen molar-refractivity contribution < 1.29 is 132 Å². The fraction of sp³-hybridized carbons (Fsp3) is 0.547. The van der Waals surface area contributed by atoms with Crippen molar-refractivity contribution in [1.82, 2.24) is 95.0 Å². The number of aliphatic hydroxyl groups is 4. The van der Waals surface area contributed by atoms with Crippen LogP contribution in [0.5, 0.6) is 5.75 Å². The number of rotatable bonds is 53. The van der Waals surface area contributed by atoms with Gasteiger partial charge in [0.2, 0.25) is 94.5 Å². The van der Waals surface area contributed by atoms with Gasteiger partial charge >= 0.3 is 17.9 Å². The van der Waals surface area contributed by atoms with Crippen molar-refractivity contribution in [2.24, 2.45) is 23.1 Å². The smallest absolute Gasteiger partial charge is 0.322 e. The lowest BCUT2D eigenvalue weighted by atomic mass is 10.0. The maximum atomic E-state index is 14.6. The summed E-state index contributed by atoms with van der Waals surface area (Å²) >= 11 is 0.